The summed E-state index contributed by atoms with van der Waals surface area (Å²) >= 11 is 0. The minimum atomic E-state index is -4.74. The third kappa shape index (κ3) is 6.22. The van der Waals surface area contributed by atoms with Gasteiger partial charge in [-0.05, 0) is 42.5 Å². The molecular weight excluding hydrogens is 529 g/mol. The Morgan fingerprint density at radius 1 is 0.842 bits per heavy atom. The molecule has 0 heterocycles. The second-order valence-electron chi connectivity index (χ2n) is 7.69. The molecule has 1 amide bonds. The number of rotatable bonds is 10. The van der Waals surface area contributed by atoms with E-state index in [1.165, 1.54) is 52.7 Å². The summed E-state index contributed by atoms with van der Waals surface area (Å²) in [5.74, 6) is 0.147. The summed E-state index contributed by atoms with van der Waals surface area (Å²) in [4.78, 5) is 12.7. The molecule has 0 saturated heterocycles. The van der Waals surface area contributed by atoms with Gasteiger partial charge in [-0.3, -0.25) is 9.10 Å². The van der Waals surface area contributed by atoms with Gasteiger partial charge in [0.15, 0.2) is 11.5 Å². The summed E-state index contributed by atoms with van der Waals surface area (Å²) in [5.41, 5.74) is -1.25. The molecule has 0 aliphatic heterocycles. The van der Waals surface area contributed by atoms with Crippen LogP contribution in [0.1, 0.15) is 5.56 Å². The number of methoxy groups -OCH3 is 4. The molecule has 0 spiro atoms. The lowest BCUT2D eigenvalue weighted by atomic mass is 10.2. The smallest absolute Gasteiger partial charge is 0.416 e. The number of benzene rings is 3. The lowest BCUT2D eigenvalue weighted by Crippen LogP contribution is -2.38. The van der Waals surface area contributed by atoms with Gasteiger partial charge >= 0.3 is 6.18 Å². The van der Waals surface area contributed by atoms with Crippen LogP contribution in [-0.2, 0) is 21.0 Å². The molecule has 0 unspecified atom stereocenters. The highest BCUT2D eigenvalue weighted by molar-refractivity contribution is 7.92. The van der Waals surface area contributed by atoms with Crippen LogP contribution in [0.3, 0.4) is 0 Å². The normalized spacial score (nSPS) is 11.4. The Morgan fingerprint density at radius 3 is 2.13 bits per heavy atom. The van der Waals surface area contributed by atoms with Gasteiger partial charge in [0.2, 0.25) is 5.91 Å². The molecule has 1 N–H and O–H groups in total. The lowest BCUT2D eigenvalue weighted by molar-refractivity contribution is -0.137. The third-order valence-electron chi connectivity index (χ3n) is 5.37. The van der Waals surface area contributed by atoms with Crippen molar-refractivity contribution in [3.05, 3.63) is 66.2 Å². The first kappa shape index (κ1) is 28.4. The Kier molecular flexibility index (Phi) is 8.61. The predicted octanol–water partition coefficient (Wildman–Crippen LogP) is 4.57. The summed E-state index contributed by atoms with van der Waals surface area (Å²) in [6.45, 7) is -0.854. The van der Waals surface area contributed by atoms with Gasteiger partial charge < -0.3 is 24.3 Å². The topological polar surface area (TPSA) is 103 Å². The molecule has 13 heteroatoms. The maximum Gasteiger partial charge on any atom is 0.416 e. The number of ether oxygens (including phenoxy) is 4. The second-order valence-corrected chi connectivity index (χ2v) is 9.55. The van der Waals surface area contributed by atoms with Crippen LogP contribution in [-0.4, -0.2) is 49.3 Å². The molecule has 0 atom stereocenters. The zero-order valence-electron chi connectivity index (χ0n) is 20.8. The highest BCUT2D eigenvalue weighted by Crippen LogP contribution is 2.35. The Hall–Kier alpha value is -4.13. The van der Waals surface area contributed by atoms with Crippen molar-refractivity contribution in [1.29, 1.82) is 0 Å². The van der Waals surface area contributed by atoms with Crippen molar-refractivity contribution in [2.45, 2.75) is 11.1 Å². The van der Waals surface area contributed by atoms with Crippen molar-refractivity contribution in [2.24, 2.45) is 0 Å². The van der Waals surface area contributed by atoms with Gasteiger partial charge in [0, 0.05) is 12.1 Å². The molecule has 204 valence electrons. The van der Waals surface area contributed by atoms with Crippen LogP contribution in [0.15, 0.2) is 65.6 Å². The van der Waals surface area contributed by atoms with E-state index in [0.717, 1.165) is 24.3 Å². The third-order valence-corrected chi connectivity index (χ3v) is 7.14. The molecule has 38 heavy (non-hydrogen) atoms. The number of hydrogen-bond donors (Lipinski definition) is 1. The predicted molar refractivity (Wildman–Crippen MR) is 134 cm³/mol. The van der Waals surface area contributed by atoms with Crippen LogP contribution >= 0.6 is 0 Å². The zero-order chi connectivity index (χ0) is 28.1. The molecule has 3 aromatic rings. The minimum absolute atomic E-state index is 0.0741. The van der Waals surface area contributed by atoms with Crippen LogP contribution in [0.5, 0.6) is 23.0 Å². The van der Waals surface area contributed by atoms with E-state index in [0.29, 0.717) is 16.1 Å². The van der Waals surface area contributed by atoms with E-state index >= 15 is 0 Å². The van der Waals surface area contributed by atoms with Crippen LogP contribution in [0, 0.1) is 0 Å². The van der Waals surface area contributed by atoms with E-state index in [9.17, 15) is 26.4 Å². The first-order valence-electron chi connectivity index (χ1n) is 10.9. The average molecular weight is 555 g/mol. The summed E-state index contributed by atoms with van der Waals surface area (Å²) in [5, 5.41) is 2.53. The molecule has 0 aliphatic carbocycles. The van der Waals surface area contributed by atoms with Gasteiger partial charge in [-0.25, -0.2) is 8.42 Å². The standard InChI is InChI=1S/C25H25F3N2O7S/c1-34-18-8-10-20(22(13-18)36-3)29-24(31)15-30(17-7-5-6-16(12-17)25(26,27)28)38(32,33)19-9-11-21(35-2)23(14-19)37-4/h5-14H,15H2,1-4H3,(H,29,31). The quantitative estimate of drug-likeness (QED) is 0.392. The average Bonchev–Trinajstić information content (AvgIpc) is 2.90. The largest absolute Gasteiger partial charge is 0.497 e. The number of amides is 1. The maximum atomic E-state index is 13.7. The fourth-order valence-corrected chi connectivity index (χ4v) is 4.91. The van der Waals surface area contributed by atoms with Crippen LogP contribution < -0.4 is 28.6 Å². The van der Waals surface area contributed by atoms with E-state index in [1.807, 2.05) is 0 Å². The van der Waals surface area contributed by atoms with Crippen molar-refractivity contribution >= 4 is 27.3 Å². The van der Waals surface area contributed by atoms with Crippen LogP contribution in [0.4, 0.5) is 24.5 Å². The van der Waals surface area contributed by atoms with Gasteiger partial charge in [0.05, 0.1) is 50.3 Å². The number of nitrogens with zero attached hydrogens (tertiary/aromatic N) is 1. The van der Waals surface area contributed by atoms with Crippen molar-refractivity contribution in [3.8, 4) is 23.0 Å². The highest BCUT2D eigenvalue weighted by atomic mass is 32.2. The molecule has 0 radical (unpaired) electrons. The number of carbonyl (C=O) groups excluding carboxylic acids is 1. The van der Waals surface area contributed by atoms with Gasteiger partial charge in [-0.2, -0.15) is 13.2 Å². The SMILES string of the molecule is COc1ccc(NC(=O)CN(c2cccc(C(F)(F)F)c2)S(=O)(=O)c2ccc(OC)c(OC)c2)c(OC)c1. The zero-order valence-corrected chi connectivity index (χ0v) is 21.6. The number of halogens is 3. The number of hydrogen-bond acceptors (Lipinski definition) is 7. The van der Waals surface area contributed by atoms with Crippen LogP contribution in [0.2, 0.25) is 0 Å². The van der Waals surface area contributed by atoms with Gasteiger partial charge in [0.1, 0.15) is 18.0 Å². The Bertz CT molecular complexity index is 1410. The molecule has 9 nitrogen and oxygen atoms in total. The lowest BCUT2D eigenvalue weighted by Gasteiger charge is -2.25. The maximum absolute atomic E-state index is 13.7. The minimum Gasteiger partial charge on any atom is -0.497 e. The van der Waals surface area contributed by atoms with E-state index in [1.54, 1.807) is 6.07 Å². The van der Waals surface area contributed by atoms with E-state index < -0.39 is 34.2 Å². The Balaban J connectivity index is 2.06. The van der Waals surface area contributed by atoms with Crippen molar-refractivity contribution in [2.75, 3.05) is 44.6 Å². The Labute approximate surface area is 217 Å². The first-order valence-corrected chi connectivity index (χ1v) is 12.3. The molecule has 3 aromatic carbocycles. The fraction of sp³-hybridized carbons (Fsp3) is 0.240. The number of sulfonamides is 1. The van der Waals surface area contributed by atoms with Crippen molar-refractivity contribution in [1.82, 2.24) is 0 Å². The molecule has 0 aromatic heterocycles. The highest BCUT2D eigenvalue weighted by Gasteiger charge is 2.33. The van der Waals surface area contributed by atoms with Crippen molar-refractivity contribution < 1.29 is 45.3 Å². The number of alkyl halides is 3. The molecular formula is C25H25F3N2O7S. The summed E-state index contributed by atoms with van der Waals surface area (Å²) in [6, 6.07) is 11.9. The Morgan fingerprint density at radius 2 is 1.53 bits per heavy atom. The molecule has 0 aliphatic rings. The second kappa shape index (κ2) is 11.5. The molecule has 0 bridgehead atoms. The van der Waals surface area contributed by atoms with E-state index in [-0.39, 0.29) is 33.5 Å². The van der Waals surface area contributed by atoms with E-state index in [2.05, 4.69) is 5.32 Å². The fourth-order valence-electron chi connectivity index (χ4n) is 3.48. The number of anilines is 2. The summed E-state index contributed by atoms with van der Waals surface area (Å²) in [7, 11) is 0.896. The monoisotopic (exact) mass is 554 g/mol. The van der Waals surface area contributed by atoms with Crippen molar-refractivity contribution in [3.63, 3.8) is 0 Å². The first-order chi connectivity index (χ1) is 17.9. The molecule has 3 rings (SSSR count). The van der Waals surface area contributed by atoms with Crippen LogP contribution in [0.25, 0.3) is 0 Å². The van der Waals surface area contributed by atoms with E-state index in [4.69, 9.17) is 18.9 Å². The summed E-state index contributed by atoms with van der Waals surface area (Å²) in [6.07, 6.45) is -4.74. The van der Waals surface area contributed by atoms with Gasteiger partial charge in [-0.15, -0.1) is 0 Å². The molecule has 0 fully saturated rings. The number of carbonyl (C=O) groups is 1. The molecule has 0 saturated carbocycles. The number of nitrogens with one attached hydrogen (secondary N) is 1. The summed E-state index contributed by atoms with van der Waals surface area (Å²) < 4.78 is 88.9. The van der Waals surface area contributed by atoms with Gasteiger partial charge in [0.25, 0.3) is 10.0 Å². The van der Waals surface area contributed by atoms with Gasteiger partial charge in [-0.1, -0.05) is 6.07 Å².